The number of allylic oxidation sites excluding steroid dienone is 2. The Morgan fingerprint density at radius 2 is 1.86 bits per heavy atom. The van der Waals surface area contributed by atoms with Crippen molar-refractivity contribution in [3.05, 3.63) is 52.8 Å². The fraction of sp³-hybridized carbons (Fsp3) is 0.312. The maximum absolute atomic E-state index is 12.4. The molecular weight excluding hydrogens is 302 g/mol. The number of ether oxygens (including phenoxy) is 1. The standard InChI is InChI=1S/C16H20ClNO2Si/c1-12-15(21(2,3)4)14(17)10-11-18(12)16(19)20-13-8-6-5-7-9-13/h5-12H,1-4H3. The van der Waals surface area contributed by atoms with E-state index >= 15 is 0 Å². The molecule has 1 aromatic carbocycles. The highest BCUT2D eigenvalue weighted by Crippen LogP contribution is 2.32. The zero-order chi connectivity index (χ0) is 15.6. The summed E-state index contributed by atoms with van der Waals surface area (Å²) >= 11 is 6.34. The van der Waals surface area contributed by atoms with Gasteiger partial charge in [-0.2, -0.15) is 0 Å². The molecule has 1 amide bonds. The van der Waals surface area contributed by atoms with Gasteiger partial charge in [0.15, 0.2) is 0 Å². The summed E-state index contributed by atoms with van der Waals surface area (Å²) in [6.45, 7) is 8.66. The molecule has 0 bridgehead atoms. The average Bonchev–Trinajstić information content (AvgIpc) is 2.38. The minimum atomic E-state index is -1.62. The van der Waals surface area contributed by atoms with Gasteiger partial charge < -0.3 is 4.74 Å². The van der Waals surface area contributed by atoms with E-state index in [-0.39, 0.29) is 12.1 Å². The fourth-order valence-electron chi connectivity index (χ4n) is 2.55. The van der Waals surface area contributed by atoms with Crippen LogP contribution >= 0.6 is 11.6 Å². The number of carbonyl (C=O) groups is 1. The second kappa shape index (κ2) is 6.08. The molecule has 1 atom stereocenters. The van der Waals surface area contributed by atoms with E-state index in [1.54, 1.807) is 29.3 Å². The first-order chi connectivity index (χ1) is 9.80. The Morgan fingerprint density at radius 1 is 1.24 bits per heavy atom. The van der Waals surface area contributed by atoms with Crippen molar-refractivity contribution in [1.29, 1.82) is 0 Å². The van der Waals surface area contributed by atoms with E-state index < -0.39 is 8.07 Å². The summed E-state index contributed by atoms with van der Waals surface area (Å²) in [5.41, 5.74) is 0. The second-order valence-corrected chi connectivity index (χ2v) is 11.5. The Hall–Kier alpha value is -1.52. The molecule has 5 heteroatoms. The molecular formula is C16H20ClNO2Si. The van der Waals surface area contributed by atoms with Crippen molar-refractivity contribution < 1.29 is 9.53 Å². The van der Waals surface area contributed by atoms with Crippen molar-refractivity contribution in [1.82, 2.24) is 4.90 Å². The number of hydrogen-bond donors (Lipinski definition) is 0. The van der Waals surface area contributed by atoms with Crippen LogP contribution in [0.2, 0.25) is 19.6 Å². The summed E-state index contributed by atoms with van der Waals surface area (Å²) in [4.78, 5) is 14.0. The Balaban J connectivity index is 2.20. The highest BCUT2D eigenvalue weighted by Gasteiger charge is 2.34. The lowest BCUT2D eigenvalue weighted by Crippen LogP contribution is -2.45. The molecule has 21 heavy (non-hydrogen) atoms. The van der Waals surface area contributed by atoms with Crippen LogP contribution in [0.3, 0.4) is 0 Å². The maximum atomic E-state index is 12.4. The molecule has 1 heterocycles. The first-order valence-electron chi connectivity index (χ1n) is 6.94. The summed E-state index contributed by atoms with van der Waals surface area (Å²) in [6.07, 6.45) is 3.09. The quantitative estimate of drug-likeness (QED) is 0.734. The van der Waals surface area contributed by atoms with Crippen molar-refractivity contribution in [3.8, 4) is 5.75 Å². The van der Waals surface area contributed by atoms with Crippen LogP contribution < -0.4 is 4.74 Å². The van der Waals surface area contributed by atoms with Crippen molar-refractivity contribution in [3.63, 3.8) is 0 Å². The van der Waals surface area contributed by atoms with Crippen LogP contribution in [0.15, 0.2) is 52.8 Å². The first kappa shape index (κ1) is 15.9. The Kier molecular flexibility index (Phi) is 4.59. The molecule has 0 saturated carbocycles. The van der Waals surface area contributed by atoms with E-state index in [4.69, 9.17) is 16.3 Å². The van der Waals surface area contributed by atoms with Gasteiger partial charge in [0.25, 0.3) is 0 Å². The van der Waals surface area contributed by atoms with Crippen molar-refractivity contribution >= 4 is 25.8 Å². The molecule has 0 N–H and O–H groups in total. The maximum Gasteiger partial charge on any atom is 0.419 e. The zero-order valence-corrected chi connectivity index (χ0v) is 14.5. The summed E-state index contributed by atoms with van der Waals surface area (Å²) < 4.78 is 5.41. The van der Waals surface area contributed by atoms with Crippen LogP contribution in [0, 0.1) is 0 Å². The Labute approximate surface area is 131 Å². The van der Waals surface area contributed by atoms with E-state index in [1.807, 2.05) is 25.1 Å². The summed E-state index contributed by atoms with van der Waals surface area (Å²) in [6, 6.07) is 9.00. The van der Waals surface area contributed by atoms with Gasteiger partial charge in [-0.25, -0.2) is 4.79 Å². The topological polar surface area (TPSA) is 29.5 Å². The molecule has 0 fully saturated rings. The molecule has 2 rings (SSSR count). The van der Waals surface area contributed by atoms with Gasteiger partial charge in [-0.3, -0.25) is 4.90 Å². The van der Waals surface area contributed by atoms with E-state index in [9.17, 15) is 4.79 Å². The lowest BCUT2D eigenvalue weighted by atomic mass is 10.2. The van der Waals surface area contributed by atoms with E-state index in [2.05, 4.69) is 19.6 Å². The minimum Gasteiger partial charge on any atom is -0.410 e. The highest BCUT2D eigenvalue weighted by atomic mass is 35.5. The zero-order valence-electron chi connectivity index (χ0n) is 12.8. The number of para-hydroxylation sites is 1. The number of nitrogens with zero attached hydrogens (tertiary/aromatic N) is 1. The molecule has 0 aliphatic carbocycles. The SMILES string of the molecule is CC1C([Si](C)(C)C)=C(Cl)C=CN1C(=O)Oc1ccccc1. The van der Waals surface area contributed by atoms with Gasteiger partial charge >= 0.3 is 6.09 Å². The summed E-state index contributed by atoms with van der Waals surface area (Å²) in [5, 5.41) is 1.92. The fourth-order valence-corrected chi connectivity index (χ4v) is 5.81. The predicted molar refractivity (Wildman–Crippen MR) is 89.1 cm³/mol. The third-order valence-electron chi connectivity index (χ3n) is 3.44. The highest BCUT2D eigenvalue weighted by molar-refractivity contribution is 6.84. The molecule has 1 unspecified atom stereocenters. The number of rotatable bonds is 2. The summed E-state index contributed by atoms with van der Waals surface area (Å²) in [7, 11) is -1.62. The smallest absolute Gasteiger partial charge is 0.410 e. The Bertz CT molecular complexity index is 590. The van der Waals surface area contributed by atoms with Crippen LogP contribution in [-0.2, 0) is 0 Å². The van der Waals surface area contributed by atoms with Crippen LogP contribution in [0.25, 0.3) is 0 Å². The molecule has 1 aliphatic heterocycles. The molecule has 1 aromatic rings. The molecule has 0 radical (unpaired) electrons. The largest absolute Gasteiger partial charge is 0.419 e. The molecule has 3 nitrogen and oxygen atoms in total. The number of benzene rings is 1. The molecule has 0 spiro atoms. The van der Waals surface area contributed by atoms with Gasteiger partial charge in [-0.05, 0) is 30.3 Å². The molecule has 0 saturated heterocycles. The number of carbonyl (C=O) groups excluding carboxylic acids is 1. The second-order valence-electron chi connectivity index (χ2n) is 6.09. The minimum absolute atomic E-state index is 0.0784. The van der Waals surface area contributed by atoms with Gasteiger partial charge in [0.05, 0.1) is 14.1 Å². The van der Waals surface area contributed by atoms with Crippen LogP contribution in [0.1, 0.15) is 6.92 Å². The first-order valence-corrected chi connectivity index (χ1v) is 10.8. The van der Waals surface area contributed by atoms with Crippen molar-refractivity contribution in [2.75, 3.05) is 0 Å². The molecule has 0 aromatic heterocycles. The molecule has 112 valence electrons. The average molecular weight is 322 g/mol. The normalized spacial score (nSPS) is 18.9. The predicted octanol–water partition coefficient (Wildman–Crippen LogP) is 4.77. The van der Waals surface area contributed by atoms with Gasteiger partial charge in [0, 0.05) is 11.2 Å². The van der Waals surface area contributed by atoms with Gasteiger partial charge in [-0.15, -0.1) is 0 Å². The van der Waals surface area contributed by atoms with Crippen LogP contribution in [0.5, 0.6) is 5.75 Å². The van der Waals surface area contributed by atoms with Crippen molar-refractivity contribution in [2.24, 2.45) is 0 Å². The lowest BCUT2D eigenvalue weighted by Gasteiger charge is -2.36. The van der Waals surface area contributed by atoms with E-state index in [1.165, 1.54) is 0 Å². The molecule has 1 aliphatic rings. The lowest BCUT2D eigenvalue weighted by molar-refractivity contribution is 0.162. The van der Waals surface area contributed by atoms with Crippen molar-refractivity contribution in [2.45, 2.75) is 32.6 Å². The van der Waals surface area contributed by atoms with E-state index in [0.717, 1.165) is 10.2 Å². The van der Waals surface area contributed by atoms with Gasteiger partial charge in [-0.1, -0.05) is 49.4 Å². The van der Waals surface area contributed by atoms with Gasteiger partial charge in [0.1, 0.15) is 5.75 Å². The van der Waals surface area contributed by atoms with Crippen LogP contribution in [-0.4, -0.2) is 25.1 Å². The number of amides is 1. The van der Waals surface area contributed by atoms with Crippen LogP contribution in [0.4, 0.5) is 4.79 Å². The number of hydrogen-bond acceptors (Lipinski definition) is 2. The number of halogens is 1. The van der Waals surface area contributed by atoms with E-state index in [0.29, 0.717) is 5.75 Å². The monoisotopic (exact) mass is 321 g/mol. The third kappa shape index (κ3) is 3.57. The third-order valence-corrected chi connectivity index (χ3v) is 6.23. The van der Waals surface area contributed by atoms with Gasteiger partial charge in [0.2, 0.25) is 0 Å². The Morgan fingerprint density at radius 3 is 2.43 bits per heavy atom. The summed E-state index contributed by atoms with van der Waals surface area (Å²) in [5.74, 6) is 0.540.